The summed E-state index contributed by atoms with van der Waals surface area (Å²) < 4.78 is 25.2. The molecule has 3 rings (SSSR count). The lowest BCUT2D eigenvalue weighted by atomic mass is 10.1. The van der Waals surface area contributed by atoms with E-state index in [-0.39, 0.29) is 31.9 Å². The van der Waals surface area contributed by atoms with Crippen molar-refractivity contribution in [1.82, 2.24) is 14.2 Å². The number of aromatic amines is 1. The number of sulfonamides is 1. The Morgan fingerprint density at radius 3 is 2.40 bits per heavy atom. The number of carbonyl (C=O) groups is 2. The number of nitrogens with one attached hydrogen (secondary N) is 1. The molecule has 1 aromatic carbocycles. The SMILES string of the molecule is CCS(=O)(=O)N1CCN(C(=O)C(=O)c2c(C)[nH]c3ccccc23)CC1. The number of rotatable bonds is 4. The first-order valence-electron chi connectivity index (χ1n) is 8.24. The van der Waals surface area contributed by atoms with E-state index in [0.717, 1.165) is 10.9 Å². The molecule has 7 nitrogen and oxygen atoms in total. The normalized spacial score (nSPS) is 16.3. The molecule has 1 N–H and O–H groups in total. The first kappa shape index (κ1) is 17.6. The number of aromatic nitrogens is 1. The lowest BCUT2D eigenvalue weighted by molar-refractivity contribution is -0.127. The molecule has 0 bridgehead atoms. The molecule has 1 aromatic heterocycles. The molecule has 0 radical (unpaired) electrons. The molecule has 1 fully saturated rings. The zero-order valence-corrected chi connectivity index (χ0v) is 15.1. The number of benzene rings is 1. The molecule has 2 aromatic rings. The van der Waals surface area contributed by atoms with Crippen molar-refractivity contribution >= 4 is 32.6 Å². The van der Waals surface area contributed by atoms with E-state index in [1.807, 2.05) is 24.3 Å². The molecule has 0 unspecified atom stereocenters. The number of para-hydroxylation sites is 1. The molecule has 1 aliphatic rings. The van der Waals surface area contributed by atoms with Gasteiger partial charge in [0.25, 0.3) is 11.7 Å². The number of carbonyl (C=O) groups excluding carboxylic acids is 2. The van der Waals surface area contributed by atoms with E-state index in [1.165, 1.54) is 9.21 Å². The van der Waals surface area contributed by atoms with Crippen LogP contribution in [0.2, 0.25) is 0 Å². The molecule has 134 valence electrons. The Hall–Kier alpha value is -2.19. The zero-order chi connectivity index (χ0) is 18.2. The number of ketones is 1. The summed E-state index contributed by atoms with van der Waals surface area (Å²) in [6.45, 7) is 4.27. The summed E-state index contributed by atoms with van der Waals surface area (Å²) in [6.07, 6.45) is 0. The van der Waals surface area contributed by atoms with Crippen LogP contribution in [0.1, 0.15) is 23.0 Å². The van der Waals surface area contributed by atoms with E-state index in [2.05, 4.69) is 4.98 Å². The largest absolute Gasteiger partial charge is 0.358 e. The van der Waals surface area contributed by atoms with Crippen molar-refractivity contribution in [3.05, 3.63) is 35.5 Å². The van der Waals surface area contributed by atoms with Crippen LogP contribution < -0.4 is 0 Å². The molecule has 1 saturated heterocycles. The summed E-state index contributed by atoms with van der Waals surface area (Å²) in [5.74, 6) is -1.10. The second-order valence-electron chi connectivity index (χ2n) is 6.09. The minimum Gasteiger partial charge on any atom is -0.358 e. The lowest BCUT2D eigenvalue weighted by Crippen LogP contribution is -2.52. The standard InChI is InChI=1S/C17H21N3O4S/c1-3-25(23,24)20-10-8-19(9-11-20)17(22)16(21)15-12(2)18-14-7-5-4-6-13(14)15/h4-7,18H,3,8-11H2,1-2H3. The molecule has 0 aliphatic carbocycles. The number of aryl methyl sites for hydroxylation is 1. The van der Waals surface area contributed by atoms with Gasteiger partial charge in [0.15, 0.2) is 0 Å². The van der Waals surface area contributed by atoms with Crippen molar-refractivity contribution in [2.45, 2.75) is 13.8 Å². The predicted octanol–water partition coefficient (Wildman–Crippen LogP) is 1.15. The highest BCUT2D eigenvalue weighted by molar-refractivity contribution is 7.89. The quantitative estimate of drug-likeness (QED) is 0.652. The fourth-order valence-electron chi connectivity index (χ4n) is 3.17. The van der Waals surface area contributed by atoms with Gasteiger partial charge in [0, 0.05) is 42.8 Å². The van der Waals surface area contributed by atoms with Crippen LogP contribution in [0.3, 0.4) is 0 Å². The second kappa shape index (κ2) is 6.61. The summed E-state index contributed by atoms with van der Waals surface area (Å²) in [5, 5.41) is 0.727. The van der Waals surface area contributed by atoms with Crippen LogP contribution >= 0.6 is 0 Å². The summed E-state index contributed by atoms with van der Waals surface area (Å²) in [5.41, 5.74) is 1.87. The summed E-state index contributed by atoms with van der Waals surface area (Å²) in [7, 11) is -3.26. The summed E-state index contributed by atoms with van der Waals surface area (Å²) in [6, 6.07) is 7.36. The van der Waals surface area contributed by atoms with Crippen molar-refractivity contribution in [3.63, 3.8) is 0 Å². The third-order valence-corrected chi connectivity index (χ3v) is 6.48. The summed E-state index contributed by atoms with van der Waals surface area (Å²) in [4.78, 5) is 29.9. The number of piperazine rings is 1. The zero-order valence-electron chi connectivity index (χ0n) is 14.3. The first-order chi connectivity index (χ1) is 11.8. The lowest BCUT2D eigenvalue weighted by Gasteiger charge is -2.33. The van der Waals surface area contributed by atoms with Crippen LogP contribution in [0.5, 0.6) is 0 Å². The van der Waals surface area contributed by atoms with Gasteiger partial charge in [-0.25, -0.2) is 8.42 Å². The smallest absolute Gasteiger partial charge is 0.295 e. The van der Waals surface area contributed by atoms with Gasteiger partial charge >= 0.3 is 0 Å². The number of nitrogens with zero attached hydrogens (tertiary/aromatic N) is 2. The number of H-pyrrole nitrogens is 1. The maximum atomic E-state index is 12.7. The van der Waals surface area contributed by atoms with E-state index < -0.39 is 21.7 Å². The predicted molar refractivity (Wildman–Crippen MR) is 95.0 cm³/mol. The molecule has 25 heavy (non-hydrogen) atoms. The van der Waals surface area contributed by atoms with Gasteiger partial charge in [0.1, 0.15) is 0 Å². The van der Waals surface area contributed by atoms with Crippen molar-refractivity contribution in [3.8, 4) is 0 Å². The maximum Gasteiger partial charge on any atom is 0.295 e. The van der Waals surface area contributed by atoms with Crippen LogP contribution in [0.4, 0.5) is 0 Å². The van der Waals surface area contributed by atoms with Crippen LogP contribution in [0.25, 0.3) is 10.9 Å². The van der Waals surface area contributed by atoms with Crippen LogP contribution in [-0.4, -0.2) is 66.2 Å². The van der Waals surface area contributed by atoms with E-state index in [9.17, 15) is 18.0 Å². The fraction of sp³-hybridized carbons (Fsp3) is 0.412. The third-order valence-electron chi connectivity index (χ3n) is 4.60. The second-order valence-corrected chi connectivity index (χ2v) is 8.35. The molecule has 0 spiro atoms. The molecular weight excluding hydrogens is 342 g/mol. The Kier molecular flexibility index (Phi) is 4.66. The highest BCUT2D eigenvalue weighted by Gasteiger charge is 2.32. The first-order valence-corrected chi connectivity index (χ1v) is 9.84. The van der Waals surface area contributed by atoms with Crippen molar-refractivity contribution in [2.24, 2.45) is 0 Å². The number of Topliss-reactive ketones (excluding diaryl/α,β-unsaturated/α-hetero) is 1. The van der Waals surface area contributed by atoms with E-state index in [4.69, 9.17) is 0 Å². The average molecular weight is 363 g/mol. The summed E-state index contributed by atoms with van der Waals surface area (Å²) >= 11 is 0. The molecule has 1 amide bonds. The Balaban J connectivity index is 1.78. The van der Waals surface area contributed by atoms with Crippen molar-refractivity contribution in [1.29, 1.82) is 0 Å². The van der Waals surface area contributed by atoms with Gasteiger partial charge in [0.2, 0.25) is 10.0 Å². The topological polar surface area (TPSA) is 90.6 Å². The maximum absolute atomic E-state index is 12.7. The Bertz CT molecular complexity index is 925. The minimum absolute atomic E-state index is 0.0361. The average Bonchev–Trinajstić information content (AvgIpc) is 2.96. The van der Waals surface area contributed by atoms with Crippen molar-refractivity contribution in [2.75, 3.05) is 31.9 Å². The van der Waals surface area contributed by atoms with Crippen LogP contribution in [0, 0.1) is 6.92 Å². The van der Waals surface area contributed by atoms with E-state index >= 15 is 0 Å². The Morgan fingerprint density at radius 1 is 1.12 bits per heavy atom. The van der Waals surface area contributed by atoms with E-state index in [0.29, 0.717) is 11.3 Å². The van der Waals surface area contributed by atoms with Gasteiger partial charge in [0.05, 0.1) is 11.3 Å². The Morgan fingerprint density at radius 2 is 1.76 bits per heavy atom. The number of hydrogen-bond donors (Lipinski definition) is 1. The molecule has 0 atom stereocenters. The van der Waals surface area contributed by atoms with Gasteiger partial charge in [-0.1, -0.05) is 18.2 Å². The van der Waals surface area contributed by atoms with Gasteiger partial charge in [-0.2, -0.15) is 4.31 Å². The number of hydrogen-bond acceptors (Lipinski definition) is 4. The highest BCUT2D eigenvalue weighted by atomic mass is 32.2. The van der Waals surface area contributed by atoms with E-state index in [1.54, 1.807) is 13.8 Å². The van der Waals surface area contributed by atoms with Crippen molar-refractivity contribution < 1.29 is 18.0 Å². The van der Waals surface area contributed by atoms with Gasteiger partial charge in [-0.3, -0.25) is 9.59 Å². The number of amides is 1. The monoisotopic (exact) mass is 363 g/mol. The molecular formula is C17H21N3O4S. The van der Waals surface area contributed by atoms with Gasteiger partial charge in [-0.05, 0) is 19.9 Å². The molecule has 2 heterocycles. The molecule has 0 saturated carbocycles. The fourth-order valence-corrected chi connectivity index (χ4v) is 4.26. The van der Waals surface area contributed by atoms with Gasteiger partial charge in [-0.15, -0.1) is 0 Å². The molecule has 8 heteroatoms. The Labute approximate surface area is 146 Å². The third kappa shape index (κ3) is 3.19. The van der Waals surface area contributed by atoms with Crippen LogP contribution in [0.15, 0.2) is 24.3 Å². The highest BCUT2D eigenvalue weighted by Crippen LogP contribution is 2.23. The number of fused-ring (bicyclic) bond motifs is 1. The van der Waals surface area contributed by atoms with Gasteiger partial charge < -0.3 is 9.88 Å². The molecule has 1 aliphatic heterocycles. The minimum atomic E-state index is -3.26. The van der Waals surface area contributed by atoms with Crippen LogP contribution in [-0.2, 0) is 14.8 Å².